The molecule has 1 heteroatoms. The molecule has 1 nitrogen and oxygen atoms in total. The lowest BCUT2D eigenvalue weighted by atomic mass is 9.79. The van der Waals surface area contributed by atoms with E-state index in [1.165, 1.54) is 36.8 Å². The quantitative estimate of drug-likeness (QED) is 0.511. The van der Waals surface area contributed by atoms with Gasteiger partial charge in [-0.3, -0.25) is 0 Å². The predicted octanol–water partition coefficient (Wildman–Crippen LogP) is 2.27. The van der Waals surface area contributed by atoms with Crippen molar-refractivity contribution in [3.05, 3.63) is 0 Å². The van der Waals surface area contributed by atoms with Gasteiger partial charge in [0.25, 0.3) is 0 Å². The lowest BCUT2D eigenvalue weighted by molar-refractivity contribution is -0.902. The van der Waals surface area contributed by atoms with Crippen molar-refractivity contribution in [2.24, 2.45) is 5.41 Å². The molecule has 0 aliphatic carbocycles. The highest BCUT2D eigenvalue weighted by molar-refractivity contribution is 4.75. The van der Waals surface area contributed by atoms with Gasteiger partial charge in [0.1, 0.15) is 0 Å². The molecule has 1 aliphatic rings. The number of hydrogen-bond acceptors (Lipinski definition) is 0. The van der Waals surface area contributed by atoms with Crippen LogP contribution in [0.25, 0.3) is 0 Å². The van der Waals surface area contributed by atoms with Crippen molar-refractivity contribution >= 4 is 0 Å². The first-order chi connectivity index (χ1) is 4.97. The Kier molecular flexibility index (Phi) is 2.29. The van der Waals surface area contributed by atoms with Crippen molar-refractivity contribution in [3.63, 3.8) is 0 Å². The Morgan fingerprint density at radius 2 is 2.00 bits per heavy atom. The summed E-state index contributed by atoms with van der Waals surface area (Å²) in [6.45, 7) is 7.50. The number of nitrogens with zero attached hydrogens (tertiary/aromatic N) is 1. The van der Waals surface area contributed by atoms with Crippen LogP contribution in [0.1, 0.15) is 33.1 Å². The molecular formula is C10H22N+. The summed E-state index contributed by atoms with van der Waals surface area (Å²) in [7, 11) is 4.71. The van der Waals surface area contributed by atoms with E-state index in [4.69, 9.17) is 0 Å². The van der Waals surface area contributed by atoms with Gasteiger partial charge in [-0.2, -0.15) is 0 Å². The van der Waals surface area contributed by atoms with Gasteiger partial charge in [0.05, 0.1) is 27.2 Å². The normalized spacial score (nSPS) is 37.1. The number of quaternary nitrogens is 1. The molecule has 1 aliphatic heterocycles. The smallest absolute Gasteiger partial charge is 0.0836 e. The van der Waals surface area contributed by atoms with Gasteiger partial charge < -0.3 is 4.48 Å². The van der Waals surface area contributed by atoms with E-state index in [0.717, 1.165) is 0 Å². The Bertz CT molecular complexity index is 140. The van der Waals surface area contributed by atoms with Crippen LogP contribution in [0.4, 0.5) is 0 Å². The summed E-state index contributed by atoms with van der Waals surface area (Å²) in [4.78, 5) is 0. The molecule has 11 heavy (non-hydrogen) atoms. The summed E-state index contributed by atoms with van der Waals surface area (Å²) >= 11 is 0. The second-order valence-electron chi connectivity index (χ2n) is 5.09. The van der Waals surface area contributed by atoms with Crippen LogP contribution in [0, 0.1) is 5.41 Å². The third-order valence-electron chi connectivity index (χ3n) is 3.21. The summed E-state index contributed by atoms with van der Waals surface area (Å²) in [5, 5.41) is 0. The minimum Gasteiger partial charge on any atom is -0.328 e. The largest absolute Gasteiger partial charge is 0.328 e. The third-order valence-corrected chi connectivity index (χ3v) is 3.21. The molecule has 0 N–H and O–H groups in total. The summed E-state index contributed by atoms with van der Waals surface area (Å²) in [5.74, 6) is 0. The Balaban J connectivity index is 2.59. The molecule has 1 rings (SSSR count). The van der Waals surface area contributed by atoms with E-state index in [2.05, 4.69) is 27.9 Å². The molecule has 0 aromatic rings. The summed E-state index contributed by atoms with van der Waals surface area (Å²) in [6.07, 6.45) is 4.19. The highest BCUT2D eigenvalue weighted by Crippen LogP contribution is 2.34. The lowest BCUT2D eigenvalue weighted by Crippen LogP contribution is -2.51. The van der Waals surface area contributed by atoms with Crippen LogP contribution in [-0.2, 0) is 0 Å². The Labute approximate surface area is 71.0 Å². The van der Waals surface area contributed by atoms with Gasteiger partial charge in [-0.1, -0.05) is 13.8 Å². The van der Waals surface area contributed by atoms with Gasteiger partial charge >= 0.3 is 0 Å². The molecule has 1 fully saturated rings. The van der Waals surface area contributed by atoms with Crippen LogP contribution >= 0.6 is 0 Å². The lowest BCUT2D eigenvalue weighted by Gasteiger charge is -2.43. The van der Waals surface area contributed by atoms with Gasteiger partial charge in [0.15, 0.2) is 0 Å². The molecule has 0 aromatic heterocycles. The van der Waals surface area contributed by atoms with E-state index < -0.39 is 0 Å². The van der Waals surface area contributed by atoms with E-state index in [1.54, 1.807) is 0 Å². The van der Waals surface area contributed by atoms with E-state index in [0.29, 0.717) is 5.41 Å². The molecule has 1 atom stereocenters. The molecular weight excluding hydrogens is 134 g/mol. The zero-order valence-corrected chi connectivity index (χ0v) is 8.48. The minimum atomic E-state index is 0.627. The topological polar surface area (TPSA) is 0 Å². The maximum atomic E-state index is 2.44. The molecule has 0 radical (unpaired) electrons. The van der Waals surface area contributed by atoms with Gasteiger partial charge in [-0.25, -0.2) is 0 Å². The molecule has 0 aromatic carbocycles. The number of rotatable bonds is 1. The van der Waals surface area contributed by atoms with Gasteiger partial charge in [-0.15, -0.1) is 0 Å². The molecule has 1 saturated heterocycles. The maximum Gasteiger partial charge on any atom is 0.0836 e. The van der Waals surface area contributed by atoms with E-state index in [-0.39, 0.29) is 0 Å². The van der Waals surface area contributed by atoms with Crippen molar-refractivity contribution in [1.29, 1.82) is 0 Å². The monoisotopic (exact) mass is 156 g/mol. The highest BCUT2D eigenvalue weighted by atomic mass is 15.3. The average molecular weight is 156 g/mol. The molecule has 0 bridgehead atoms. The fourth-order valence-electron chi connectivity index (χ4n) is 2.41. The van der Waals surface area contributed by atoms with Gasteiger partial charge in [0.2, 0.25) is 0 Å². The second-order valence-corrected chi connectivity index (χ2v) is 5.09. The molecule has 0 spiro atoms. The van der Waals surface area contributed by atoms with Crippen molar-refractivity contribution in [3.8, 4) is 0 Å². The predicted molar refractivity (Wildman–Crippen MR) is 49.5 cm³/mol. The first-order valence-corrected chi connectivity index (χ1v) is 4.79. The Morgan fingerprint density at radius 1 is 1.36 bits per heavy atom. The molecule has 1 heterocycles. The minimum absolute atomic E-state index is 0.627. The SMILES string of the molecule is CCC1(C)CCC[N+](C)(C)C1. The standard InChI is InChI=1S/C10H22N/c1-5-10(2)7-6-8-11(3,4)9-10/h5-9H2,1-4H3/q+1. The van der Waals surface area contributed by atoms with E-state index >= 15 is 0 Å². The summed E-state index contributed by atoms with van der Waals surface area (Å²) < 4.78 is 1.23. The zero-order valence-electron chi connectivity index (χ0n) is 8.48. The third kappa shape index (κ3) is 2.19. The van der Waals surface area contributed by atoms with Crippen LogP contribution in [0.2, 0.25) is 0 Å². The first-order valence-electron chi connectivity index (χ1n) is 4.79. The Hall–Kier alpha value is -0.0400. The van der Waals surface area contributed by atoms with Gasteiger partial charge in [0, 0.05) is 5.41 Å². The summed E-state index contributed by atoms with van der Waals surface area (Å²) in [5.41, 5.74) is 0.627. The zero-order chi connectivity index (χ0) is 8.54. The maximum absolute atomic E-state index is 2.44. The molecule has 0 amide bonds. The van der Waals surface area contributed by atoms with Crippen LogP contribution in [-0.4, -0.2) is 31.7 Å². The fourth-order valence-corrected chi connectivity index (χ4v) is 2.41. The molecule has 66 valence electrons. The fraction of sp³-hybridized carbons (Fsp3) is 1.00. The van der Waals surface area contributed by atoms with E-state index in [1.807, 2.05) is 0 Å². The number of hydrogen-bond donors (Lipinski definition) is 0. The number of piperidine rings is 1. The highest BCUT2D eigenvalue weighted by Gasteiger charge is 2.35. The Morgan fingerprint density at radius 3 is 2.36 bits per heavy atom. The van der Waals surface area contributed by atoms with Crippen LogP contribution in [0.3, 0.4) is 0 Å². The van der Waals surface area contributed by atoms with E-state index in [9.17, 15) is 0 Å². The number of likely N-dealkylation sites (tertiary alicyclic amines) is 1. The van der Waals surface area contributed by atoms with Crippen LogP contribution in [0.15, 0.2) is 0 Å². The van der Waals surface area contributed by atoms with Crippen molar-refractivity contribution < 1.29 is 4.48 Å². The second kappa shape index (κ2) is 2.78. The summed E-state index contributed by atoms with van der Waals surface area (Å²) in [6, 6.07) is 0. The molecule has 0 saturated carbocycles. The average Bonchev–Trinajstić information content (AvgIpc) is 1.85. The van der Waals surface area contributed by atoms with Crippen molar-refractivity contribution in [2.45, 2.75) is 33.1 Å². The van der Waals surface area contributed by atoms with Crippen LogP contribution in [0.5, 0.6) is 0 Å². The first kappa shape index (κ1) is 9.05. The van der Waals surface area contributed by atoms with Gasteiger partial charge in [-0.05, 0) is 19.3 Å². The molecule has 1 unspecified atom stereocenters. The van der Waals surface area contributed by atoms with Crippen LogP contribution < -0.4 is 0 Å². The van der Waals surface area contributed by atoms with Crippen molar-refractivity contribution in [1.82, 2.24) is 0 Å². The van der Waals surface area contributed by atoms with Crippen molar-refractivity contribution in [2.75, 3.05) is 27.2 Å².